The minimum absolute atomic E-state index is 0.137. The third-order valence-corrected chi connectivity index (χ3v) is 3.47. The van der Waals surface area contributed by atoms with E-state index in [-0.39, 0.29) is 10.9 Å². The molecule has 6 heteroatoms. The number of nitrogens with two attached hydrogens (primary N) is 1. The highest BCUT2D eigenvalue weighted by Crippen LogP contribution is 2.24. The Kier molecular flexibility index (Phi) is 4.07. The summed E-state index contributed by atoms with van der Waals surface area (Å²) in [7, 11) is 0. The first-order valence-electron chi connectivity index (χ1n) is 5.29. The Bertz CT molecular complexity index is 649. The SMILES string of the molecule is Nc1cc(C(=O)Nc2ccc(F)cc2Cl)ccc1Br. The molecule has 0 bridgehead atoms. The molecule has 3 nitrogen and oxygen atoms in total. The maximum atomic E-state index is 12.9. The molecule has 0 aromatic heterocycles. The van der Waals surface area contributed by atoms with Crippen LogP contribution in [0.25, 0.3) is 0 Å². The second-order valence-corrected chi connectivity index (χ2v) is 5.08. The maximum absolute atomic E-state index is 12.9. The van der Waals surface area contributed by atoms with Crippen molar-refractivity contribution in [3.8, 4) is 0 Å². The highest BCUT2D eigenvalue weighted by molar-refractivity contribution is 9.10. The lowest BCUT2D eigenvalue weighted by molar-refractivity contribution is 0.102. The summed E-state index contributed by atoms with van der Waals surface area (Å²) in [6, 6.07) is 8.59. The van der Waals surface area contributed by atoms with E-state index in [2.05, 4.69) is 21.2 Å². The molecule has 0 aliphatic carbocycles. The molecule has 98 valence electrons. The van der Waals surface area contributed by atoms with Crippen molar-refractivity contribution in [2.75, 3.05) is 11.1 Å². The summed E-state index contributed by atoms with van der Waals surface area (Å²) in [6.45, 7) is 0. The normalized spacial score (nSPS) is 10.3. The topological polar surface area (TPSA) is 55.1 Å². The number of halogens is 3. The lowest BCUT2D eigenvalue weighted by Gasteiger charge is -2.08. The quantitative estimate of drug-likeness (QED) is 0.807. The summed E-state index contributed by atoms with van der Waals surface area (Å²) in [5, 5.41) is 2.73. The zero-order valence-corrected chi connectivity index (χ0v) is 11.9. The largest absolute Gasteiger partial charge is 0.398 e. The van der Waals surface area contributed by atoms with E-state index in [9.17, 15) is 9.18 Å². The van der Waals surface area contributed by atoms with E-state index in [1.807, 2.05) is 0 Å². The van der Waals surface area contributed by atoms with E-state index < -0.39 is 5.82 Å². The van der Waals surface area contributed by atoms with Crippen molar-refractivity contribution in [2.45, 2.75) is 0 Å². The Hall–Kier alpha value is -1.59. The van der Waals surface area contributed by atoms with Crippen molar-refractivity contribution in [2.24, 2.45) is 0 Å². The first-order chi connectivity index (χ1) is 8.97. The molecule has 0 heterocycles. The average molecular weight is 344 g/mol. The van der Waals surface area contributed by atoms with Gasteiger partial charge in [-0.3, -0.25) is 4.79 Å². The summed E-state index contributed by atoms with van der Waals surface area (Å²) in [6.07, 6.45) is 0. The van der Waals surface area contributed by atoms with Crippen LogP contribution in [0.3, 0.4) is 0 Å². The van der Waals surface area contributed by atoms with E-state index in [0.717, 1.165) is 6.07 Å². The summed E-state index contributed by atoms with van der Waals surface area (Å²) in [5.41, 5.74) is 6.89. The van der Waals surface area contributed by atoms with Gasteiger partial charge in [-0.1, -0.05) is 11.6 Å². The van der Waals surface area contributed by atoms with Gasteiger partial charge in [0.25, 0.3) is 5.91 Å². The molecule has 0 aliphatic rings. The Morgan fingerprint density at radius 2 is 2.00 bits per heavy atom. The van der Waals surface area contributed by atoms with Crippen molar-refractivity contribution >= 4 is 44.8 Å². The lowest BCUT2D eigenvalue weighted by Crippen LogP contribution is -2.12. The lowest BCUT2D eigenvalue weighted by atomic mass is 10.2. The molecule has 0 aliphatic heterocycles. The smallest absolute Gasteiger partial charge is 0.255 e. The molecule has 3 N–H and O–H groups in total. The van der Waals surface area contributed by atoms with Crippen molar-refractivity contribution in [1.29, 1.82) is 0 Å². The summed E-state index contributed by atoms with van der Waals surface area (Å²) in [4.78, 5) is 12.0. The number of hydrogen-bond donors (Lipinski definition) is 2. The number of carbonyl (C=O) groups is 1. The van der Waals surface area contributed by atoms with Crippen molar-refractivity contribution in [3.63, 3.8) is 0 Å². The van der Waals surface area contributed by atoms with Gasteiger partial charge in [0.15, 0.2) is 0 Å². The van der Waals surface area contributed by atoms with Crippen LogP contribution in [0.5, 0.6) is 0 Å². The number of amides is 1. The Balaban J connectivity index is 2.23. The minimum Gasteiger partial charge on any atom is -0.398 e. The molecule has 2 aromatic rings. The number of hydrogen-bond acceptors (Lipinski definition) is 2. The molecule has 2 aromatic carbocycles. The number of benzene rings is 2. The Morgan fingerprint density at radius 3 is 2.63 bits per heavy atom. The number of carbonyl (C=O) groups excluding carboxylic acids is 1. The highest BCUT2D eigenvalue weighted by atomic mass is 79.9. The van der Waals surface area contributed by atoms with Crippen molar-refractivity contribution < 1.29 is 9.18 Å². The van der Waals surface area contributed by atoms with Crippen LogP contribution in [0.1, 0.15) is 10.4 Å². The highest BCUT2D eigenvalue weighted by Gasteiger charge is 2.10. The van der Waals surface area contributed by atoms with Gasteiger partial charge < -0.3 is 11.1 Å². The fourth-order valence-electron chi connectivity index (χ4n) is 1.47. The van der Waals surface area contributed by atoms with Gasteiger partial charge in [-0.2, -0.15) is 0 Å². The first kappa shape index (κ1) is 13.8. The van der Waals surface area contributed by atoms with Crippen LogP contribution in [0.15, 0.2) is 40.9 Å². The summed E-state index contributed by atoms with van der Waals surface area (Å²) < 4.78 is 13.6. The monoisotopic (exact) mass is 342 g/mol. The summed E-state index contributed by atoms with van der Waals surface area (Å²) in [5.74, 6) is -0.830. The van der Waals surface area contributed by atoms with Crippen molar-refractivity contribution in [1.82, 2.24) is 0 Å². The predicted molar refractivity (Wildman–Crippen MR) is 77.9 cm³/mol. The van der Waals surface area contributed by atoms with Crippen molar-refractivity contribution in [3.05, 3.63) is 57.3 Å². The Morgan fingerprint density at radius 1 is 1.26 bits per heavy atom. The van der Waals surface area contributed by atoms with Crippen LogP contribution >= 0.6 is 27.5 Å². The molecular weight excluding hydrogens is 335 g/mol. The van der Waals surface area contributed by atoms with Crippen LogP contribution in [-0.4, -0.2) is 5.91 Å². The second kappa shape index (κ2) is 5.59. The fraction of sp³-hybridized carbons (Fsp3) is 0. The van der Waals surface area contributed by atoms with Gasteiger partial charge in [-0.15, -0.1) is 0 Å². The van der Waals surface area contributed by atoms with Gasteiger partial charge in [0.2, 0.25) is 0 Å². The van der Waals surface area contributed by atoms with Crippen LogP contribution < -0.4 is 11.1 Å². The number of anilines is 2. The molecule has 2 rings (SSSR count). The van der Waals surface area contributed by atoms with Gasteiger partial charge in [0.1, 0.15) is 5.82 Å². The van der Waals surface area contributed by atoms with E-state index in [4.69, 9.17) is 17.3 Å². The molecule has 0 saturated heterocycles. The van der Waals surface area contributed by atoms with Gasteiger partial charge in [0, 0.05) is 15.7 Å². The van der Waals surface area contributed by atoms with Crippen LogP contribution in [0.4, 0.5) is 15.8 Å². The number of nitrogens with one attached hydrogen (secondary N) is 1. The van der Waals surface area contributed by atoms with Gasteiger partial charge in [0.05, 0.1) is 10.7 Å². The third kappa shape index (κ3) is 3.24. The molecule has 1 amide bonds. The van der Waals surface area contributed by atoms with E-state index in [1.165, 1.54) is 18.2 Å². The number of rotatable bonds is 2. The molecular formula is C13H9BrClFN2O. The van der Waals surface area contributed by atoms with Crippen LogP contribution in [0, 0.1) is 5.82 Å². The molecule has 19 heavy (non-hydrogen) atoms. The second-order valence-electron chi connectivity index (χ2n) is 3.81. The molecule has 0 saturated carbocycles. The van der Waals surface area contributed by atoms with Crippen LogP contribution in [0.2, 0.25) is 5.02 Å². The van der Waals surface area contributed by atoms with Gasteiger partial charge in [-0.25, -0.2) is 4.39 Å². The van der Waals surface area contributed by atoms with E-state index >= 15 is 0 Å². The van der Waals surface area contributed by atoms with E-state index in [0.29, 0.717) is 21.4 Å². The average Bonchev–Trinajstić information content (AvgIpc) is 2.36. The fourth-order valence-corrected chi connectivity index (χ4v) is 1.93. The molecule has 0 fully saturated rings. The maximum Gasteiger partial charge on any atom is 0.255 e. The minimum atomic E-state index is -0.462. The zero-order valence-electron chi connectivity index (χ0n) is 9.58. The molecule has 0 spiro atoms. The predicted octanol–water partition coefficient (Wildman–Crippen LogP) is 4.08. The zero-order chi connectivity index (χ0) is 14.0. The standard InChI is InChI=1S/C13H9BrClFN2O/c14-9-3-1-7(5-11(9)17)13(19)18-12-4-2-8(16)6-10(12)15/h1-6H,17H2,(H,18,19). The van der Waals surface area contributed by atoms with Gasteiger partial charge >= 0.3 is 0 Å². The molecule has 0 radical (unpaired) electrons. The van der Waals surface area contributed by atoms with Crippen LogP contribution in [-0.2, 0) is 0 Å². The Labute approximate surface area is 122 Å². The first-order valence-corrected chi connectivity index (χ1v) is 6.46. The van der Waals surface area contributed by atoms with E-state index in [1.54, 1.807) is 12.1 Å². The summed E-state index contributed by atoms with van der Waals surface area (Å²) >= 11 is 9.08. The van der Waals surface area contributed by atoms with Gasteiger partial charge in [-0.05, 0) is 52.3 Å². The molecule has 0 unspecified atom stereocenters. The number of nitrogen functional groups attached to an aromatic ring is 1. The molecule has 0 atom stereocenters. The third-order valence-electron chi connectivity index (χ3n) is 2.44.